The first-order valence-corrected chi connectivity index (χ1v) is 26.5. The molecular weight excluding hydrogens is 822 g/mol. The van der Waals surface area contributed by atoms with Crippen molar-refractivity contribution in [3.63, 3.8) is 0 Å². The Bertz CT molecular complexity index is 1290. The number of carbonyl (C=O) groups is 2. The lowest BCUT2D eigenvalue weighted by atomic mass is 9.89. The van der Waals surface area contributed by atoms with Gasteiger partial charge in [-0.3, -0.25) is 18.6 Å². The Morgan fingerprint density at radius 3 is 1.84 bits per heavy atom. The number of likely N-dealkylation sites (N-methyl/N-ethyl adjacent to an activating group) is 1. The van der Waals surface area contributed by atoms with Crippen LogP contribution in [0.5, 0.6) is 0 Å². The van der Waals surface area contributed by atoms with Crippen LogP contribution in [0.25, 0.3) is 0 Å². The molecule has 0 bridgehead atoms. The maximum absolute atomic E-state index is 12.8. The third-order valence-electron chi connectivity index (χ3n) is 11.7. The van der Waals surface area contributed by atoms with E-state index in [4.69, 9.17) is 18.5 Å². The van der Waals surface area contributed by atoms with Crippen molar-refractivity contribution in [3.05, 3.63) is 36.5 Å². The fourth-order valence-corrected chi connectivity index (χ4v) is 8.45. The smallest absolute Gasteiger partial charge is 0.462 e. The van der Waals surface area contributed by atoms with Gasteiger partial charge in [0.25, 0.3) is 0 Å². The summed E-state index contributed by atoms with van der Waals surface area (Å²) in [6.07, 6.45) is 35.7. The van der Waals surface area contributed by atoms with E-state index < -0.39 is 50.8 Å². The predicted octanol–water partition coefficient (Wildman–Crippen LogP) is 10.9. The van der Waals surface area contributed by atoms with Gasteiger partial charge in [-0.1, -0.05) is 147 Å². The maximum atomic E-state index is 12.8. The summed E-state index contributed by atoms with van der Waals surface area (Å²) < 4.78 is 34.4. The third kappa shape index (κ3) is 34.1. The lowest BCUT2D eigenvalue weighted by Crippen LogP contribution is -2.37. The predicted molar refractivity (Wildman–Crippen MR) is 254 cm³/mol. The van der Waals surface area contributed by atoms with E-state index in [1.54, 1.807) is 6.08 Å². The number of allylic oxidation sites excluding steroid dienone is 4. The van der Waals surface area contributed by atoms with E-state index in [0.717, 1.165) is 38.5 Å². The first kappa shape index (κ1) is 59.1. The van der Waals surface area contributed by atoms with Crippen molar-refractivity contribution >= 4 is 19.8 Å². The van der Waals surface area contributed by atoms with Crippen molar-refractivity contribution in [3.8, 4) is 0 Å². The third-order valence-corrected chi connectivity index (χ3v) is 12.7. The molecular formula is C50H93NO11P+. The number of hydrogen-bond donors (Lipinski definition) is 4. The Labute approximate surface area is 383 Å². The Hall–Kier alpha value is -1.89. The summed E-state index contributed by atoms with van der Waals surface area (Å²) in [5.74, 6) is -1.39. The summed E-state index contributed by atoms with van der Waals surface area (Å²) >= 11 is 0. The number of rotatable bonds is 41. The van der Waals surface area contributed by atoms with Crippen molar-refractivity contribution in [2.24, 2.45) is 11.8 Å². The molecule has 0 aromatic heterocycles. The molecule has 0 aliphatic heterocycles. The standard InChI is InChI=1S/C50H92NO11P/c1-6-8-10-11-12-13-14-15-16-17-18-19-20-21-22-23-24-25-31-35-50(56)62-44(42-61-63(57,58)60-39-38-51(3,4)5)41-59-49(55)34-30-27-26-29-33-45-46(48(54)40-47(45)53)37-36-43(52)32-28-9-7-2/h15-16,26,29,36-37,43-48,52-54H,6-14,17-25,27-28,30-35,38-42H2,1-5H3/p+1/b16-15-,29-26+,37-36+/t43-,44+,45+,46+,47-,48+/m0/s1. The molecule has 1 unspecified atom stereocenters. The lowest BCUT2D eigenvalue weighted by molar-refractivity contribution is -0.870. The van der Waals surface area contributed by atoms with Gasteiger partial charge in [-0.05, 0) is 63.7 Å². The molecule has 1 saturated carbocycles. The molecule has 0 heterocycles. The van der Waals surface area contributed by atoms with Crippen molar-refractivity contribution in [2.75, 3.05) is 47.5 Å². The van der Waals surface area contributed by atoms with E-state index in [-0.39, 0.29) is 37.9 Å². The minimum absolute atomic E-state index is 0.00763. The SMILES string of the molecule is CCCCCCCC/C=C\CCCCCCCCCCCC(=O)O[C@H](COC(=O)CCC/C=C/C[C@@H]1[C@@H](/C=C/[C@@H](O)CCCCC)[C@H](O)C[C@@H]1O)COP(=O)(O)OCC[N+](C)(C)C. The second kappa shape index (κ2) is 37.2. The van der Waals surface area contributed by atoms with Gasteiger partial charge in [0.15, 0.2) is 6.10 Å². The van der Waals surface area contributed by atoms with Gasteiger partial charge in [0.05, 0.1) is 46.1 Å². The Kier molecular flexibility index (Phi) is 34.9. The summed E-state index contributed by atoms with van der Waals surface area (Å²) in [6, 6.07) is 0. The van der Waals surface area contributed by atoms with Crippen LogP contribution in [-0.2, 0) is 32.7 Å². The van der Waals surface area contributed by atoms with Crippen LogP contribution in [0.3, 0.4) is 0 Å². The van der Waals surface area contributed by atoms with Gasteiger partial charge in [0.2, 0.25) is 0 Å². The molecule has 12 nitrogen and oxygen atoms in total. The Morgan fingerprint density at radius 2 is 1.22 bits per heavy atom. The van der Waals surface area contributed by atoms with Crippen molar-refractivity contribution in [2.45, 2.75) is 212 Å². The number of aliphatic hydroxyl groups is 3. The van der Waals surface area contributed by atoms with Crippen molar-refractivity contribution in [1.29, 1.82) is 0 Å². The largest absolute Gasteiger partial charge is 0.472 e. The zero-order chi connectivity index (χ0) is 46.6. The molecule has 0 saturated heterocycles. The van der Waals surface area contributed by atoms with E-state index in [9.17, 15) is 34.4 Å². The number of phosphoric ester groups is 1. The van der Waals surface area contributed by atoms with Crippen LogP contribution in [0, 0.1) is 11.8 Å². The van der Waals surface area contributed by atoms with Gasteiger partial charge in [0.1, 0.15) is 19.8 Å². The quantitative estimate of drug-likeness (QED) is 0.0151. The summed E-state index contributed by atoms with van der Waals surface area (Å²) in [5.41, 5.74) is 0. The van der Waals surface area contributed by atoms with Gasteiger partial charge in [-0.25, -0.2) is 4.57 Å². The van der Waals surface area contributed by atoms with E-state index in [1.807, 2.05) is 39.4 Å². The van der Waals surface area contributed by atoms with Crippen LogP contribution in [0.1, 0.15) is 187 Å². The highest BCUT2D eigenvalue weighted by Crippen LogP contribution is 2.43. The number of quaternary nitrogens is 1. The summed E-state index contributed by atoms with van der Waals surface area (Å²) in [6.45, 7) is 4.05. The molecule has 13 heteroatoms. The number of carbonyl (C=O) groups excluding carboxylic acids is 2. The van der Waals surface area contributed by atoms with Crippen LogP contribution in [-0.4, -0.2) is 109 Å². The number of phosphoric acid groups is 1. The van der Waals surface area contributed by atoms with E-state index >= 15 is 0 Å². The van der Waals surface area contributed by atoms with E-state index in [1.165, 1.54) is 83.5 Å². The summed E-state index contributed by atoms with van der Waals surface area (Å²) in [7, 11) is 1.34. The average molecular weight is 915 g/mol. The number of nitrogens with zero attached hydrogens (tertiary/aromatic N) is 1. The van der Waals surface area contributed by atoms with Crippen LogP contribution >= 0.6 is 7.82 Å². The Morgan fingerprint density at radius 1 is 0.683 bits per heavy atom. The number of hydrogen-bond acceptors (Lipinski definition) is 10. The molecule has 0 spiro atoms. The van der Waals surface area contributed by atoms with E-state index in [0.29, 0.717) is 49.6 Å². The van der Waals surface area contributed by atoms with Gasteiger partial charge >= 0.3 is 19.8 Å². The fourth-order valence-electron chi connectivity index (χ4n) is 7.71. The molecule has 0 aromatic rings. The van der Waals surface area contributed by atoms with E-state index in [2.05, 4.69) is 26.0 Å². The number of unbranched alkanes of at least 4 members (excludes halogenated alkanes) is 18. The fraction of sp³-hybridized carbons (Fsp3) is 0.840. The number of aliphatic hydroxyl groups excluding tert-OH is 3. The monoisotopic (exact) mass is 915 g/mol. The van der Waals surface area contributed by atoms with Gasteiger partial charge < -0.3 is 34.2 Å². The minimum Gasteiger partial charge on any atom is -0.462 e. The zero-order valence-corrected chi connectivity index (χ0v) is 41.3. The maximum Gasteiger partial charge on any atom is 0.472 e. The van der Waals surface area contributed by atoms with Gasteiger partial charge in [-0.2, -0.15) is 0 Å². The molecule has 1 aliphatic carbocycles. The van der Waals surface area contributed by atoms with Crippen molar-refractivity contribution in [1.82, 2.24) is 0 Å². The molecule has 63 heavy (non-hydrogen) atoms. The molecule has 4 N–H and O–H groups in total. The summed E-state index contributed by atoms with van der Waals surface area (Å²) in [4.78, 5) is 35.7. The van der Waals surface area contributed by atoms with Gasteiger partial charge in [0, 0.05) is 25.2 Å². The molecule has 7 atom stereocenters. The molecule has 0 amide bonds. The first-order chi connectivity index (χ1) is 30.2. The normalized spacial score (nSPS) is 20.2. The Balaban J connectivity index is 2.43. The molecule has 1 aliphatic rings. The second-order valence-corrected chi connectivity index (χ2v) is 20.3. The highest BCUT2D eigenvalue weighted by molar-refractivity contribution is 7.47. The topological polar surface area (TPSA) is 169 Å². The summed E-state index contributed by atoms with van der Waals surface area (Å²) in [5, 5.41) is 31.4. The average Bonchev–Trinajstić information content (AvgIpc) is 3.50. The van der Waals surface area contributed by atoms with Crippen LogP contribution in [0.4, 0.5) is 0 Å². The minimum atomic E-state index is -4.44. The molecule has 1 rings (SSSR count). The lowest BCUT2D eigenvalue weighted by Gasteiger charge is -2.24. The van der Waals surface area contributed by atoms with Crippen LogP contribution in [0.2, 0.25) is 0 Å². The van der Waals surface area contributed by atoms with Crippen LogP contribution < -0.4 is 0 Å². The number of esters is 2. The molecule has 1 fully saturated rings. The highest BCUT2D eigenvalue weighted by atomic mass is 31.2. The highest BCUT2D eigenvalue weighted by Gasteiger charge is 2.39. The number of ether oxygens (including phenoxy) is 2. The van der Waals surface area contributed by atoms with Crippen molar-refractivity contribution < 1.29 is 57.4 Å². The first-order valence-electron chi connectivity index (χ1n) is 25.0. The van der Waals surface area contributed by atoms with Gasteiger partial charge in [-0.15, -0.1) is 0 Å². The molecule has 0 aromatic carbocycles. The molecule has 368 valence electrons. The molecule has 0 radical (unpaired) electrons. The van der Waals surface area contributed by atoms with Crippen LogP contribution in [0.15, 0.2) is 36.5 Å². The zero-order valence-electron chi connectivity index (χ0n) is 40.4. The second-order valence-electron chi connectivity index (χ2n) is 18.8.